The van der Waals surface area contributed by atoms with Gasteiger partial charge in [-0.05, 0) is 55.1 Å². The van der Waals surface area contributed by atoms with E-state index in [1.54, 1.807) is 12.7 Å². The minimum absolute atomic E-state index is 0.0638. The second kappa shape index (κ2) is 4.20. The topological polar surface area (TPSA) is 26.3 Å². The SMILES string of the molecule is COC1=CC2=CC[C@@H]3C(=CC[C@]4(C)C(=O)[C@H]5C[C@H]5[C@@H]34)[C@@]2(C)CC1. The van der Waals surface area contributed by atoms with Gasteiger partial charge in [0.05, 0.1) is 12.9 Å². The van der Waals surface area contributed by atoms with Crippen LogP contribution >= 0.6 is 0 Å². The van der Waals surface area contributed by atoms with Gasteiger partial charge in [-0.15, -0.1) is 0 Å². The molecule has 2 heteroatoms. The number of carbonyl (C=O) groups excluding carboxylic acids is 1. The van der Waals surface area contributed by atoms with Crippen LogP contribution in [0.25, 0.3) is 0 Å². The number of methoxy groups -OCH3 is 1. The first kappa shape index (κ1) is 14.1. The maximum absolute atomic E-state index is 12.8. The summed E-state index contributed by atoms with van der Waals surface area (Å²) >= 11 is 0. The lowest BCUT2D eigenvalue weighted by Crippen LogP contribution is -2.45. The molecule has 5 rings (SSSR count). The number of allylic oxidation sites excluding steroid dienone is 6. The zero-order valence-corrected chi connectivity index (χ0v) is 14.4. The average molecular weight is 310 g/mol. The summed E-state index contributed by atoms with van der Waals surface area (Å²) in [5.74, 6) is 3.99. The Labute approximate surface area is 138 Å². The number of ether oxygens (including phenoxy) is 1. The third-order valence-electron chi connectivity index (χ3n) is 7.83. The van der Waals surface area contributed by atoms with E-state index >= 15 is 0 Å². The highest BCUT2D eigenvalue weighted by Gasteiger charge is 2.68. The van der Waals surface area contributed by atoms with Gasteiger partial charge in [0.25, 0.3) is 0 Å². The standard InChI is InChI=1S/C21H26O2/c1-20-8-6-13(23-3)10-12(20)4-5-14-17(20)7-9-21(2)18(14)15-11-16(15)19(21)22/h4,7,10,14-16,18H,5-6,8-9,11H2,1-3H3/t14-,15-,16+,18-,20+,21+/m1/s1. The molecular weight excluding hydrogens is 284 g/mol. The van der Waals surface area contributed by atoms with Crippen LogP contribution in [0.1, 0.15) is 46.0 Å². The van der Waals surface area contributed by atoms with Gasteiger partial charge >= 0.3 is 0 Å². The summed E-state index contributed by atoms with van der Waals surface area (Å²) in [6, 6.07) is 0. The predicted molar refractivity (Wildman–Crippen MR) is 89.5 cm³/mol. The van der Waals surface area contributed by atoms with Gasteiger partial charge in [-0.1, -0.05) is 31.6 Å². The van der Waals surface area contributed by atoms with E-state index in [0.29, 0.717) is 29.5 Å². The van der Waals surface area contributed by atoms with Crippen LogP contribution in [0.2, 0.25) is 0 Å². The molecule has 2 saturated carbocycles. The zero-order valence-electron chi connectivity index (χ0n) is 14.4. The molecule has 0 saturated heterocycles. The van der Waals surface area contributed by atoms with Crippen molar-refractivity contribution in [2.45, 2.75) is 46.0 Å². The highest BCUT2D eigenvalue weighted by Crippen LogP contribution is 2.70. The van der Waals surface area contributed by atoms with E-state index in [-0.39, 0.29) is 10.8 Å². The molecule has 0 unspecified atom stereocenters. The van der Waals surface area contributed by atoms with Gasteiger partial charge in [0, 0.05) is 23.2 Å². The van der Waals surface area contributed by atoms with Crippen LogP contribution in [0.15, 0.2) is 35.1 Å². The van der Waals surface area contributed by atoms with E-state index in [2.05, 4.69) is 32.1 Å². The number of fused-ring (bicyclic) bond motifs is 7. The van der Waals surface area contributed by atoms with Crippen molar-refractivity contribution in [3.8, 4) is 0 Å². The van der Waals surface area contributed by atoms with Crippen molar-refractivity contribution in [3.63, 3.8) is 0 Å². The number of hydrogen-bond donors (Lipinski definition) is 0. The van der Waals surface area contributed by atoms with Crippen molar-refractivity contribution in [2.75, 3.05) is 7.11 Å². The van der Waals surface area contributed by atoms with Crippen LogP contribution < -0.4 is 0 Å². The molecule has 0 spiro atoms. The summed E-state index contributed by atoms with van der Waals surface area (Å²) in [6.45, 7) is 4.67. The summed E-state index contributed by atoms with van der Waals surface area (Å²) in [5.41, 5.74) is 3.20. The van der Waals surface area contributed by atoms with Gasteiger partial charge in [0.15, 0.2) is 0 Å². The fourth-order valence-corrected chi connectivity index (χ4v) is 6.46. The van der Waals surface area contributed by atoms with Crippen LogP contribution in [-0.2, 0) is 9.53 Å². The van der Waals surface area contributed by atoms with E-state index in [9.17, 15) is 4.79 Å². The largest absolute Gasteiger partial charge is 0.501 e. The Kier molecular flexibility index (Phi) is 2.57. The summed E-state index contributed by atoms with van der Waals surface area (Å²) in [6.07, 6.45) is 12.6. The molecule has 2 fully saturated rings. The van der Waals surface area contributed by atoms with Crippen molar-refractivity contribution in [1.29, 1.82) is 0 Å². The lowest BCUT2D eigenvalue weighted by molar-refractivity contribution is -0.129. The zero-order chi connectivity index (χ0) is 16.0. The van der Waals surface area contributed by atoms with Crippen LogP contribution in [0.5, 0.6) is 0 Å². The highest BCUT2D eigenvalue weighted by molar-refractivity contribution is 5.93. The first-order valence-corrected chi connectivity index (χ1v) is 9.19. The first-order valence-electron chi connectivity index (χ1n) is 9.19. The van der Waals surface area contributed by atoms with Crippen LogP contribution in [0, 0.1) is 34.5 Å². The molecule has 0 radical (unpaired) electrons. The second-order valence-electron chi connectivity index (χ2n) is 8.83. The Morgan fingerprint density at radius 2 is 2.04 bits per heavy atom. The summed E-state index contributed by atoms with van der Waals surface area (Å²) in [5, 5.41) is 0. The predicted octanol–water partition coefficient (Wildman–Crippen LogP) is 4.43. The highest BCUT2D eigenvalue weighted by atomic mass is 16.5. The average Bonchev–Trinajstić information content (AvgIpc) is 3.28. The van der Waals surface area contributed by atoms with Crippen molar-refractivity contribution < 1.29 is 9.53 Å². The molecule has 0 amide bonds. The minimum Gasteiger partial charge on any atom is -0.501 e. The van der Waals surface area contributed by atoms with Crippen LogP contribution in [-0.4, -0.2) is 12.9 Å². The van der Waals surface area contributed by atoms with Crippen LogP contribution in [0.4, 0.5) is 0 Å². The minimum atomic E-state index is -0.0638. The maximum Gasteiger partial charge on any atom is 0.142 e. The molecular formula is C21H26O2. The molecule has 2 nitrogen and oxygen atoms in total. The fraction of sp³-hybridized carbons (Fsp3) is 0.667. The molecule has 5 aliphatic carbocycles. The van der Waals surface area contributed by atoms with Gasteiger partial charge in [-0.25, -0.2) is 0 Å². The lowest BCUT2D eigenvalue weighted by Gasteiger charge is -2.51. The van der Waals surface area contributed by atoms with Crippen molar-refractivity contribution in [3.05, 3.63) is 35.1 Å². The summed E-state index contributed by atoms with van der Waals surface area (Å²) in [7, 11) is 1.78. The van der Waals surface area contributed by atoms with Crippen LogP contribution in [0.3, 0.4) is 0 Å². The smallest absolute Gasteiger partial charge is 0.142 e. The number of Topliss-reactive ketones (excluding diaryl/α,β-unsaturated/α-hetero) is 1. The Morgan fingerprint density at radius 3 is 2.83 bits per heavy atom. The number of hydrogen-bond acceptors (Lipinski definition) is 2. The molecule has 6 atom stereocenters. The Balaban J connectivity index is 1.59. The number of carbonyl (C=O) groups is 1. The molecule has 122 valence electrons. The molecule has 23 heavy (non-hydrogen) atoms. The van der Waals surface area contributed by atoms with E-state index in [0.717, 1.165) is 31.4 Å². The summed E-state index contributed by atoms with van der Waals surface area (Å²) < 4.78 is 5.50. The molecule has 0 aromatic rings. The molecule has 0 bridgehead atoms. The van der Waals surface area contributed by atoms with E-state index < -0.39 is 0 Å². The molecule has 0 aromatic carbocycles. The summed E-state index contributed by atoms with van der Waals surface area (Å²) in [4.78, 5) is 12.8. The number of ketones is 1. The van der Waals surface area contributed by atoms with Crippen molar-refractivity contribution in [1.82, 2.24) is 0 Å². The van der Waals surface area contributed by atoms with Gasteiger partial charge in [0.1, 0.15) is 5.78 Å². The molecule has 0 N–H and O–H groups in total. The lowest BCUT2D eigenvalue weighted by atomic mass is 9.52. The van der Waals surface area contributed by atoms with Crippen molar-refractivity contribution >= 4 is 5.78 Å². The first-order chi connectivity index (χ1) is 11.0. The number of rotatable bonds is 1. The second-order valence-corrected chi connectivity index (χ2v) is 8.83. The Morgan fingerprint density at radius 1 is 1.22 bits per heavy atom. The van der Waals surface area contributed by atoms with Crippen molar-refractivity contribution in [2.24, 2.45) is 34.5 Å². The van der Waals surface area contributed by atoms with E-state index in [1.165, 1.54) is 12.0 Å². The fourth-order valence-electron chi connectivity index (χ4n) is 6.46. The molecule has 0 heterocycles. The normalized spacial score (nSPS) is 49.9. The Bertz CT molecular complexity index is 697. The third-order valence-corrected chi connectivity index (χ3v) is 7.83. The van der Waals surface area contributed by atoms with Gasteiger partial charge < -0.3 is 4.74 Å². The van der Waals surface area contributed by atoms with Gasteiger partial charge in [-0.3, -0.25) is 4.79 Å². The molecule has 0 aromatic heterocycles. The molecule has 0 aliphatic heterocycles. The van der Waals surface area contributed by atoms with E-state index in [4.69, 9.17) is 4.74 Å². The van der Waals surface area contributed by atoms with Gasteiger partial charge in [-0.2, -0.15) is 0 Å². The maximum atomic E-state index is 12.8. The molecule has 5 aliphatic rings. The monoisotopic (exact) mass is 310 g/mol. The third kappa shape index (κ3) is 1.58. The quantitative estimate of drug-likeness (QED) is 0.670. The van der Waals surface area contributed by atoms with Gasteiger partial charge in [0.2, 0.25) is 0 Å². The van der Waals surface area contributed by atoms with E-state index in [1.807, 2.05) is 0 Å². The Hall–Kier alpha value is -1.31.